The third-order valence-electron chi connectivity index (χ3n) is 5.38. The molecule has 0 spiro atoms. The molecule has 4 rings (SSSR count). The summed E-state index contributed by atoms with van der Waals surface area (Å²) in [6.45, 7) is 6.51. The number of nitrogens with one attached hydrogen (secondary N) is 1. The Morgan fingerprint density at radius 2 is 1.97 bits per heavy atom. The number of carbonyl (C=O) groups is 2. The van der Waals surface area contributed by atoms with Gasteiger partial charge in [0, 0.05) is 39.3 Å². The Morgan fingerprint density at radius 3 is 2.65 bits per heavy atom. The molecule has 2 aliphatic heterocycles. The minimum atomic E-state index is -0.546. The van der Waals surface area contributed by atoms with E-state index in [1.807, 2.05) is 11.8 Å². The summed E-state index contributed by atoms with van der Waals surface area (Å²) < 4.78 is 20.2. The molecule has 3 heterocycles. The van der Waals surface area contributed by atoms with Crippen LogP contribution in [0.3, 0.4) is 0 Å². The van der Waals surface area contributed by atoms with Gasteiger partial charge in [-0.3, -0.25) is 14.7 Å². The van der Waals surface area contributed by atoms with Crippen LogP contribution < -0.4 is 20.0 Å². The van der Waals surface area contributed by atoms with E-state index in [1.165, 1.54) is 17.9 Å². The van der Waals surface area contributed by atoms with Crippen LogP contribution >= 0.6 is 0 Å². The standard InChI is InChI=1S/C21H25FN6O3/c1-14-10-23-12-20(25-14)27-7-5-26(6-8-27)19-4-3-16(9-18(19)22)28-13-17(31-21(28)30)11-24-15(2)29/h3-4,9-10,12,17H,5-8,11,13H2,1-2H3,(H,24,29)/t17-/m0/s1. The molecule has 2 aromatic rings. The first-order valence-corrected chi connectivity index (χ1v) is 10.2. The van der Waals surface area contributed by atoms with E-state index in [9.17, 15) is 14.0 Å². The molecule has 9 nitrogen and oxygen atoms in total. The Balaban J connectivity index is 1.39. The summed E-state index contributed by atoms with van der Waals surface area (Å²) in [5.41, 5.74) is 1.80. The smallest absolute Gasteiger partial charge is 0.414 e. The minimum Gasteiger partial charge on any atom is -0.442 e. The lowest BCUT2D eigenvalue weighted by atomic mass is 10.2. The van der Waals surface area contributed by atoms with Crippen molar-refractivity contribution in [2.45, 2.75) is 20.0 Å². The average Bonchev–Trinajstić information content (AvgIpc) is 3.13. The Kier molecular flexibility index (Phi) is 5.88. The third-order valence-corrected chi connectivity index (χ3v) is 5.38. The van der Waals surface area contributed by atoms with Gasteiger partial charge < -0.3 is 19.9 Å². The first kappa shape index (κ1) is 20.8. The van der Waals surface area contributed by atoms with Gasteiger partial charge in [-0.05, 0) is 25.1 Å². The van der Waals surface area contributed by atoms with E-state index in [1.54, 1.807) is 24.5 Å². The van der Waals surface area contributed by atoms with E-state index < -0.39 is 12.2 Å². The van der Waals surface area contributed by atoms with Gasteiger partial charge in [0.15, 0.2) is 0 Å². The molecule has 1 atom stereocenters. The van der Waals surface area contributed by atoms with Crippen molar-refractivity contribution >= 4 is 29.2 Å². The number of aromatic nitrogens is 2. The number of piperazine rings is 1. The van der Waals surface area contributed by atoms with Gasteiger partial charge in [0.25, 0.3) is 0 Å². The summed E-state index contributed by atoms with van der Waals surface area (Å²) in [6, 6.07) is 4.77. The van der Waals surface area contributed by atoms with Gasteiger partial charge in [0.2, 0.25) is 5.91 Å². The molecule has 2 saturated heterocycles. The molecule has 164 valence electrons. The van der Waals surface area contributed by atoms with Gasteiger partial charge in [-0.25, -0.2) is 14.2 Å². The van der Waals surface area contributed by atoms with Gasteiger partial charge in [-0.1, -0.05) is 0 Å². The molecule has 2 amide bonds. The largest absolute Gasteiger partial charge is 0.442 e. The number of amides is 2. The molecule has 0 radical (unpaired) electrons. The van der Waals surface area contributed by atoms with Gasteiger partial charge in [0.1, 0.15) is 17.7 Å². The van der Waals surface area contributed by atoms with Crippen LogP contribution in [0.5, 0.6) is 0 Å². The summed E-state index contributed by atoms with van der Waals surface area (Å²) in [5, 5.41) is 2.63. The predicted octanol–water partition coefficient (Wildman–Crippen LogP) is 1.71. The average molecular weight is 428 g/mol. The maximum atomic E-state index is 14.9. The number of carbonyl (C=O) groups excluding carboxylic acids is 2. The molecule has 1 aromatic heterocycles. The SMILES string of the molecule is CC(=O)NC[C@H]1CN(c2ccc(N3CCN(c4cncc(C)n4)CC3)c(F)c2)C(=O)O1. The number of nitrogens with zero attached hydrogens (tertiary/aromatic N) is 5. The van der Waals surface area contributed by atoms with Crippen molar-refractivity contribution in [3.05, 3.63) is 42.1 Å². The number of aryl methyl sites for hydroxylation is 1. The second-order valence-electron chi connectivity index (χ2n) is 7.68. The topological polar surface area (TPSA) is 90.9 Å². The number of hydrogen-bond donors (Lipinski definition) is 1. The Bertz CT molecular complexity index is 979. The lowest BCUT2D eigenvalue weighted by Crippen LogP contribution is -2.47. The second kappa shape index (κ2) is 8.75. The van der Waals surface area contributed by atoms with Crippen LogP contribution in [-0.4, -0.2) is 67.3 Å². The zero-order valence-corrected chi connectivity index (χ0v) is 17.5. The number of hydrogen-bond acceptors (Lipinski definition) is 7. The molecule has 0 bridgehead atoms. The van der Waals surface area contributed by atoms with Crippen molar-refractivity contribution < 1.29 is 18.7 Å². The van der Waals surface area contributed by atoms with Gasteiger partial charge >= 0.3 is 6.09 Å². The summed E-state index contributed by atoms with van der Waals surface area (Å²) in [4.78, 5) is 37.4. The molecule has 1 N–H and O–H groups in total. The molecule has 2 aliphatic rings. The van der Waals surface area contributed by atoms with Crippen molar-refractivity contribution in [2.24, 2.45) is 0 Å². The summed E-state index contributed by atoms with van der Waals surface area (Å²) in [7, 11) is 0. The predicted molar refractivity (Wildman–Crippen MR) is 114 cm³/mol. The zero-order chi connectivity index (χ0) is 22.0. The number of halogens is 1. The van der Waals surface area contributed by atoms with E-state index in [0.29, 0.717) is 37.6 Å². The Labute approximate surface area is 179 Å². The zero-order valence-electron chi connectivity index (χ0n) is 17.5. The summed E-state index contributed by atoms with van der Waals surface area (Å²) in [5.74, 6) is 0.246. The van der Waals surface area contributed by atoms with Gasteiger partial charge in [-0.15, -0.1) is 0 Å². The fourth-order valence-electron chi connectivity index (χ4n) is 3.80. The lowest BCUT2D eigenvalue weighted by Gasteiger charge is -2.36. The first-order valence-electron chi connectivity index (χ1n) is 10.2. The Hall–Kier alpha value is -3.43. The molecule has 0 aliphatic carbocycles. The van der Waals surface area contributed by atoms with E-state index in [0.717, 1.165) is 11.5 Å². The third kappa shape index (κ3) is 4.68. The molecule has 2 fully saturated rings. The highest BCUT2D eigenvalue weighted by atomic mass is 19.1. The van der Waals surface area contributed by atoms with Crippen LogP contribution in [0, 0.1) is 12.7 Å². The molecular formula is C21H25FN6O3. The lowest BCUT2D eigenvalue weighted by molar-refractivity contribution is -0.119. The minimum absolute atomic E-state index is 0.195. The number of benzene rings is 1. The summed E-state index contributed by atoms with van der Waals surface area (Å²) in [6.07, 6.45) is 2.45. The van der Waals surface area contributed by atoms with Crippen LogP contribution in [0.1, 0.15) is 12.6 Å². The van der Waals surface area contributed by atoms with E-state index in [-0.39, 0.29) is 24.8 Å². The quantitative estimate of drug-likeness (QED) is 0.775. The van der Waals surface area contributed by atoms with Crippen molar-refractivity contribution in [3.8, 4) is 0 Å². The van der Waals surface area contributed by atoms with E-state index >= 15 is 0 Å². The van der Waals surface area contributed by atoms with Crippen molar-refractivity contribution in [1.29, 1.82) is 0 Å². The molecule has 1 aromatic carbocycles. The van der Waals surface area contributed by atoms with Crippen molar-refractivity contribution in [2.75, 3.05) is 54.0 Å². The number of cyclic esters (lactones) is 1. The molecule has 31 heavy (non-hydrogen) atoms. The molecular weight excluding hydrogens is 403 g/mol. The van der Waals surface area contributed by atoms with E-state index in [2.05, 4.69) is 20.2 Å². The van der Waals surface area contributed by atoms with Gasteiger partial charge in [-0.2, -0.15) is 0 Å². The van der Waals surface area contributed by atoms with Crippen LogP contribution in [-0.2, 0) is 9.53 Å². The Morgan fingerprint density at radius 1 is 1.23 bits per heavy atom. The fourth-order valence-corrected chi connectivity index (χ4v) is 3.80. The number of rotatable bonds is 5. The van der Waals surface area contributed by atoms with Crippen LogP contribution in [0.15, 0.2) is 30.6 Å². The normalized spacial score (nSPS) is 18.9. The fraction of sp³-hybridized carbons (Fsp3) is 0.429. The highest BCUT2D eigenvalue weighted by molar-refractivity contribution is 5.90. The molecule has 10 heteroatoms. The number of anilines is 3. The highest BCUT2D eigenvalue weighted by Gasteiger charge is 2.33. The monoisotopic (exact) mass is 428 g/mol. The number of ether oxygens (including phenoxy) is 1. The van der Waals surface area contributed by atoms with Crippen molar-refractivity contribution in [1.82, 2.24) is 15.3 Å². The van der Waals surface area contributed by atoms with Crippen LogP contribution in [0.25, 0.3) is 0 Å². The molecule has 0 unspecified atom stereocenters. The summed E-state index contributed by atoms with van der Waals surface area (Å²) >= 11 is 0. The van der Waals surface area contributed by atoms with Crippen LogP contribution in [0.4, 0.5) is 26.4 Å². The first-order chi connectivity index (χ1) is 14.9. The van der Waals surface area contributed by atoms with Crippen LogP contribution in [0.2, 0.25) is 0 Å². The van der Waals surface area contributed by atoms with Gasteiger partial charge in [0.05, 0.1) is 36.4 Å². The maximum absolute atomic E-state index is 14.9. The maximum Gasteiger partial charge on any atom is 0.414 e. The van der Waals surface area contributed by atoms with E-state index in [4.69, 9.17) is 4.74 Å². The molecule has 0 saturated carbocycles. The highest BCUT2D eigenvalue weighted by Crippen LogP contribution is 2.29. The van der Waals surface area contributed by atoms with Crippen molar-refractivity contribution in [3.63, 3.8) is 0 Å². The second-order valence-corrected chi connectivity index (χ2v) is 7.68.